The van der Waals surface area contributed by atoms with Gasteiger partial charge in [0.25, 0.3) is 0 Å². The summed E-state index contributed by atoms with van der Waals surface area (Å²) in [7, 11) is 1.64. The van der Waals surface area contributed by atoms with E-state index in [0.29, 0.717) is 11.7 Å². The first kappa shape index (κ1) is 11.9. The predicted octanol–water partition coefficient (Wildman–Crippen LogP) is 2.87. The van der Waals surface area contributed by atoms with Crippen molar-refractivity contribution in [2.75, 3.05) is 7.11 Å². The number of methoxy groups -OCH3 is 1. The predicted molar refractivity (Wildman–Crippen MR) is 69.1 cm³/mol. The quantitative estimate of drug-likeness (QED) is 0.850. The van der Waals surface area contributed by atoms with Gasteiger partial charge in [-0.1, -0.05) is 23.7 Å². The molecule has 0 amide bonds. The van der Waals surface area contributed by atoms with E-state index in [1.54, 1.807) is 13.3 Å². The standard InChI is InChI=1S/C13H13ClN2O/c1-17-12-4-2-3-9(6-12)11-5-10(7-15)13(14)16-8-11/h2-6,8H,7,15H2,1H3. The van der Waals surface area contributed by atoms with Gasteiger partial charge in [-0.15, -0.1) is 0 Å². The highest BCUT2D eigenvalue weighted by Gasteiger charge is 2.04. The molecule has 0 saturated heterocycles. The number of ether oxygens (including phenoxy) is 1. The van der Waals surface area contributed by atoms with Crippen molar-refractivity contribution in [1.29, 1.82) is 0 Å². The third kappa shape index (κ3) is 2.57. The Labute approximate surface area is 105 Å². The molecule has 17 heavy (non-hydrogen) atoms. The van der Waals surface area contributed by atoms with Crippen LogP contribution >= 0.6 is 11.6 Å². The highest BCUT2D eigenvalue weighted by Crippen LogP contribution is 2.25. The summed E-state index contributed by atoms with van der Waals surface area (Å²) < 4.78 is 5.19. The van der Waals surface area contributed by atoms with Gasteiger partial charge >= 0.3 is 0 Å². The second-order valence-electron chi connectivity index (χ2n) is 3.61. The molecule has 0 atom stereocenters. The van der Waals surface area contributed by atoms with Crippen LogP contribution in [0.5, 0.6) is 5.75 Å². The number of nitrogens with zero attached hydrogens (tertiary/aromatic N) is 1. The second kappa shape index (κ2) is 5.17. The van der Waals surface area contributed by atoms with Crippen LogP contribution in [-0.4, -0.2) is 12.1 Å². The zero-order valence-electron chi connectivity index (χ0n) is 9.48. The van der Waals surface area contributed by atoms with Crippen molar-refractivity contribution < 1.29 is 4.74 Å². The van der Waals surface area contributed by atoms with Crippen LogP contribution < -0.4 is 10.5 Å². The summed E-state index contributed by atoms with van der Waals surface area (Å²) in [6, 6.07) is 9.73. The molecule has 0 radical (unpaired) electrons. The maximum Gasteiger partial charge on any atom is 0.133 e. The molecule has 0 fully saturated rings. The van der Waals surface area contributed by atoms with Crippen LogP contribution in [0.3, 0.4) is 0 Å². The summed E-state index contributed by atoms with van der Waals surface area (Å²) in [5.41, 5.74) is 8.46. The highest BCUT2D eigenvalue weighted by molar-refractivity contribution is 6.30. The van der Waals surface area contributed by atoms with Crippen LogP contribution in [0.4, 0.5) is 0 Å². The molecular formula is C13H13ClN2O. The molecule has 2 aromatic rings. The number of hydrogen-bond acceptors (Lipinski definition) is 3. The minimum Gasteiger partial charge on any atom is -0.497 e. The van der Waals surface area contributed by atoms with Gasteiger partial charge in [0.05, 0.1) is 7.11 Å². The molecule has 1 aromatic carbocycles. The molecule has 3 nitrogen and oxygen atoms in total. The van der Waals surface area contributed by atoms with Crippen molar-refractivity contribution in [3.63, 3.8) is 0 Å². The fourth-order valence-corrected chi connectivity index (χ4v) is 1.78. The van der Waals surface area contributed by atoms with Crippen molar-refractivity contribution >= 4 is 11.6 Å². The van der Waals surface area contributed by atoms with Gasteiger partial charge in [-0.2, -0.15) is 0 Å². The van der Waals surface area contributed by atoms with E-state index in [9.17, 15) is 0 Å². The monoisotopic (exact) mass is 248 g/mol. The highest BCUT2D eigenvalue weighted by atomic mass is 35.5. The van der Waals surface area contributed by atoms with Crippen LogP contribution in [0.25, 0.3) is 11.1 Å². The summed E-state index contributed by atoms with van der Waals surface area (Å²) in [6.45, 7) is 0.379. The van der Waals surface area contributed by atoms with Crippen molar-refractivity contribution in [2.45, 2.75) is 6.54 Å². The molecule has 88 valence electrons. The lowest BCUT2D eigenvalue weighted by Gasteiger charge is -2.07. The minimum absolute atomic E-state index is 0.379. The second-order valence-corrected chi connectivity index (χ2v) is 3.97. The molecule has 0 spiro atoms. The molecular weight excluding hydrogens is 236 g/mol. The smallest absolute Gasteiger partial charge is 0.133 e. The molecule has 0 aliphatic rings. The molecule has 2 N–H and O–H groups in total. The van der Waals surface area contributed by atoms with Gasteiger partial charge in [-0.25, -0.2) is 4.98 Å². The molecule has 1 heterocycles. The van der Waals surface area contributed by atoms with E-state index in [1.807, 2.05) is 30.3 Å². The van der Waals surface area contributed by atoms with Gasteiger partial charge in [-0.3, -0.25) is 0 Å². The summed E-state index contributed by atoms with van der Waals surface area (Å²) in [5.74, 6) is 0.812. The number of benzene rings is 1. The Morgan fingerprint density at radius 2 is 2.12 bits per heavy atom. The lowest BCUT2D eigenvalue weighted by atomic mass is 10.1. The molecule has 1 aromatic heterocycles. The van der Waals surface area contributed by atoms with Crippen LogP contribution in [0, 0.1) is 0 Å². The van der Waals surface area contributed by atoms with Gasteiger partial charge in [0.2, 0.25) is 0 Å². The van der Waals surface area contributed by atoms with E-state index in [2.05, 4.69) is 4.98 Å². The molecule has 0 aliphatic heterocycles. The number of hydrogen-bond donors (Lipinski definition) is 1. The fraction of sp³-hybridized carbons (Fsp3) is 0.154. The Hall–Kier alpha value is -1.58. The van der Waals surface area contributed by atoms with Crippen molar-refractivity contribution in [2.24, 2.45) is 5.73 Å². The maximum absolute atomic E-state index is 5.93. The molecule has 0 aliphatic carbocycles. The third-order valence-electron chi connectivity index (χ3n) is 2.53. The van der Waals surface area contributed by atoms with Gasteiger partial charge in [0.1, 0.15) is 10.9 Å². The van der Waals surface area contributed by atoms with Gasteiger partial charge < -0.3 is 10.5 Å². The van der Waals surface area contributed by atoms with Gasteiger partial charge in [-0.05, 0) is 23.8 Å². The third-order valence-corrected chi connectivity index (χ3v) is 2.88. The number of halogens is 1. The normalized spacial score (nSPS) is 10.3. The molecule has 2 rings (SSSR count). The van der Waals surface area contributed by atoms with E-state index in [1.165, 1.54) is 0 Å². The van der Waals surface area contributed by atoms with E-state index in [4.69, 9.17) is 22.1 Å². The molecule has 4 heteroatoms. The van der Waals surface area contributed by atoms with Gasteiger partial charge in [0, 0.05) is 23.9 Å². The van der Waals surface area contributed by atoms with E-state index >= 15 is 0 Å². The first-order chi connectivity index (χ1) is 8.24. The summed E-state index contributed by atoms with van der Waals surface area (Å²) in [5, 5.41) is 0.458. The molecule has 0 bridgehead atoms. The van der Waals surface area contributed by atoms with Crippen LogP contribution in [-0.2, 0) is 6.54 Å². The Morgan fingerprint density at radius 1 is 1.29 bits per heavy atom. The average Bonchev–Trinajstić information content (AvgIpc) is 2.39. The Morgan fingerprint density at radius 3 is 2.82 bits per heavy atom. The summed E-state index contributed by atoms with van der Waals surface area (Å²) in [4.78, 5) is 4.13. The first-order valence-corrected chi connectivity index (χ1v) is 5.61. The van der Waals surface area contributed by atoms with Crippen molar-refractivity contribution in [3.8, 4) is 16.9 Å². The number of aromatic nitrogens is 1. The summed E-state index contributed by atoms with van der Waals surface area (Å²) >= 11 is 5.93. The number of pyridine rings is 1. The molecule has 0 unspecified atom stereocenters. The first-order valence-electron chi connectivity index (χ1n) is 5.23. The zero-order chi connectivity index (χ0) is 12.3. The maximum atomic E-state index is 5.93. The Balaban J connectivity index is 2.45. The number of nitrogens with two attached hydrogens (primary N) is 1. The Kier molecular flexibility index (Phi) is 3.61. The SMILES string of the molecule is COc1cccc(-c2cnc(Cl)c(CN)c2)c1. The largest absolute Gasteiger partial charge is 0.497 e. The number of rotatable bonds is 3. The Bertz CT molecular complexity index is 529. The van der Waals surface area contributed by atoms with E-state index in [0.717, 1.165) is 22.4 Å². The van der Waals surface area contributed by atoms with E-state index in [-0.39, 0.29) is 0 Å². The fourth-order valence-electron chi connectivity index (χ4n) is 1.60. The average molecular weight is 249 g/mol. The van der Waals surface area contributed by atoms with Crippen LogP contribution in [0.1, 0.15) is 5.56 Å². The lowest BCUT2D eigenvalue weighted by molar-refractivity contribution is 0.415. The topological polar surface area (TPSA) is 48.1 Å². The van der Waals surface area contributed by atoms with Crippen molar-refractivity contribution in [3.05, 3.63) is 47.2 Å². The lowest BCUT2D eigenvalue weighted by Crippen LogP contribution is -1.99. The van der Waals surface area contributed by atoms with Crippen molar-refractivity contribution in [1.82, 2.24) is 4.98 Å². The molecule has 0 saturated carbocycles. The van der Waals surface area contributed by atoms with Crippen LogP contribution in [0.15, 0.2) is 36.5 Å². The zero-order valence-corrected chi connectivity index (χ0v) is 10.2. The van der Waals surface area contributed by atoms with E-state index < -0.39 is 0 Å². The minimum atomic E-state index is 0.379. The van der Waals surface area contributed by atoms with Gasteiger partial charge in [0.15, 0.2) is 0 Å². The van der Waals surface area contributed by atoms with Crippen LogP contribution in [0.2, 0.25) is 5.15 Å². The summed E-state index contributed by atoms with van der Waals surface area (Å²) in [6.07, 6.45) is 1.73.